The number of hydrogen-bond acceptors (Lipinski definition) is 3. The van der Waals surface area contributed by atoms with Crippen molar-refractivity contribution < 1.29 is 9.18 Å². The Labute approximate surface area is 142 Å². The number of likely N-dealkylation sites (N-methyl/N-ethyl adjacent to an activating group) is 1. The first-order valence-corrected chi connectivity index (χ1v) is 8.18. The molecular weight excluding hydrogens is 305 g/mol. The van der Waals surface area contributed by atoms with Crippen LogP contribution < -0.4 is 9.80 Å². The van der Waals surface area contributed by atoms with Crippen molar-refractivity contribution in [3.05, 3.63) is 60.4 Å². The van der Waals surface area contributed by atoms with Gasteiger partial charge in [0, 0.05) is 38.9 Å². The fourth-order valence-corrected chi connectivity index (χ4v) is 2.98. The number of piperazine rings is 1. The molecule has 0 spiro atoms. The van der Waals surface area contributed by atoms with Crippen LogP contribution in [-0.2, 0) is 4.79 Å². The molecule has 1 amide bonds. The predicted molar refractivity (Wildman–Crippen MR) is 94.9 cm³/mol. The maximum Gasteiger partial charge on any atom is 0.242 e. The standard InChI is InChI=1S/C19H22FN3O/c1-21(16-7-3-2-4-8-16)15-19(24)23-13-11-22(12-14-23)18-10-6-5-9-17(18)20/h2-10H,11-15H2,1H3. The van der Waals surface area contributed by atoms with Crippen LogP contribution in [0.4, 0.5) is 15.8 Å². The fourth-order valence-electron chi connectivity index (χ4n) is 2.98. The van der Waals surface area contributed by atoms with Gasteiger partial charge in [0.15, 0.2) is 0 Å². The molecule has 0 N–H and O–H groups in total. The third-order valence-electron chi connectivity index (χ3n) is 4.39. The minimum Gasteiger partial charge on any atom is -0.366 e. The third kappa shape index (κ3) is 3.67. The number of anilines is 2. The molecule has 126 valence electrons. The van der Waals surface area contributed by atoms with E-state index in [1.807, 2.05) is 58.1 Å². The van der Waals surface area contributed by atoms with Crippen LogP contribution in [0.3, 0.4) is 0 Å². The van der Waals surface area contributed by atoms with E-state index >= 15 is 0 Å². The monoisotopic (exact) mass is 327 g/mol. The van der Waals surface area contributed by atoms with E-state index in [0.29, 0.717) is 38.4 Å². The molecule has 1 aliphatic rings. The van der Waals surface area contributed by atoms with E-state index in [1.165, 1.54) is 6.07 Å². The molecule has 1 fully saturated rings. The number of carbonyl (C=O) groups is 1. The maximum absolute atomic E-state index is 13.9. The number of carbonyl (C=O) groups excluding carboxylic acids is 1. The smallest absolute Gasteiger partial charge is 0.242 e. The van der Waals surface area contributed by atoms with Crippen molar-refractivity contribution in [2.75, 3.05) is 49.6 Å². The van der Waals surface area contributed by atoms with Crippen molar-refractivity contribution in [2.24, 2.45) is 0 Å². The van der Waals surface area contributed by atoms with Crippen LogP contribution in [0.1, 0.15) is 0 Å². The van der Waals surface area contributed by atoms with Gasteiger partial charge in [-0.1, -0.05) is 30.3 Å². The Morgan fingerprint density at radius 2 is 1.62 bits per heavy atom. The maximum atomic E-state index is 13.9. The Morgan fingerprint density at radius 3 is 2.29 bits per heavy atom. The molecule has 0 aromatic heterocycles. The molecule has 1 saturated heterocycles. The summed E-state index contributed by atoms with van der Waals surface area (Å²) in [6, 6.07) is 16.7. The van der Waals surface area contributed by atoms with Gasteiger partial charge in [0.05, 0.1) is 12.2 Å². The number of benzene rings is 2. The van der Waals surface area contributed by atoms with Crippen molar-refractivity contribution in [2.45, 2.75) is 0 Å². The average Bonchev–Trinajstić information content (AvgIpc) is 2.63. The minimum absolute atomic E-state index is 0.106. The Bertz CT molecular complexity index is 684. The van der Waals surface area contributed by atoms with Crippen LogP contribution >= 0.6 is 0 Å². The van der Waals surface area contributed by atoms with E-state index in [0.717, 1.165) is 5.69 Å². The van der Waals surface area contributed by atoms with E-state index in [2.05, 4.69) is 0 Å². The molecule has 5 heteroatoms. The lowest BCUT2D eigenvalue weighted by molar-refractivity contribution is -0.129. The summed E-state index contributed by atoms with van der Waals surface area (Å²) in [5, 5.41) is 0. The van der Waals surface area contributed by atoms with Crippen LogP contribution in [0.15, 0.2) is 54.6 Å². The Balaban J connectivity index is 1.55. The molecule has 2 aromatic carbocycles. The molecule has 1 heterocycles. The van der Waals surface area contributed by atoms with Crippen LogP contribution in [0.25, 0.3) is 0 Å². The molecule has 0 atom stereocenters. The summed E-state index contributed by atoms with van der Waals surface area (Å²) in [4.78, 5) is 18.3. The molecule has 1 aliphatic heterocycles. The zero-order valence-corrected chi connectivity index (χ0v) is 13.9. The second-order valence-electron chi connectivity index (χ2n) is 6.01. The summed E-state index contributed by atoms with van der Waals surface area (Å²) < 4.78 is 13.9. The Hall–Kier alpha value is -2.56. The summed E-state index contributed by atoms with van der Waals surface area (Å²) in [5.41, 5.74) is 1.64. The van der Waals surface area contributed by atoms with Gasteiger partial charge in [-0.15, -0.1) is 0 Å². The van der Waals surface area contributed by atoms with Crippen molar-refractivity contribution in [3.63, 3.8) is 0 Å². The van der Waals surface area contributed by atoms with Gasteiger partial charge in [-0.2, -0.15) is 0 Å². The second-order valence-corrected chi connectivity index (χ2v) is 6.01. The zero-order chi connectivity index (χ0) is 16.9. The third-order valence-corrected chi connectivity index (χ3v) is 4.39. The Kier molecular flexibility index (Phi) is 4.99. The zero-order valence-electron chi connectivity index (χ0n) is 13.9. The van der Waals surface area contributed by atoms with Gasteiger partial charge in [0.1, 0.15) is 5.82 Å². The van der Waals surface area contributed by atoms with E-state index in [4.69, 9.17) is 0 Å². The van der Waals surface area contributed by atoms with E-state index in [-0.39, 0.29) is 11.7 Å². The normalized spacial score (nSPS) is 14.6. The van der Waals surface area contributed by atoms with Gasteiger partial charge in [-0.05, 0) is 24.3 Å². The van der Waals surface area contributed by atoms with Crippen LogP contribution in [0, 0.1) is 5.82 Å². The summed E-state index contributed by atoms with van der Waals surface area (Å²) in [7, 11) is 1.92. The van der Waals surface area contributed by atoms with E-state index < -0.39 is 0 Å². The van der Waals surface area contributed by atoms with Gasteiger partial charge >= 0.3 is 0 Å². The van der Waals surface area contributed by atoms with Crippen molar-refractivity contribution in [3.8, 4) is 0 Å². The summed E-state index contributed by atoms with van der Waals surface area (Å²) >= 11 is 0. The summed E-state index contributed by atoms with van der Waals surface area (Å²) in [6.45, 7) is 2.90. The van der Waals surface area contributed by atoms with Crippen LogP contribution in [0.2, 0.25) is 0 Å². The lowest BCUT2D eigenvalue weighted by Gasteiger charge is -2.37. The molecule has 24 heavy (non-hydrogen) atoms. The topological polar surface area (TPSA) is 26.8 Å². The van der Waals surface area contributed by atoms with Gasteiger partial charge in [-0.25, -0.2) is 4.39 Å². The van der Waals surface area contributed by atoms with Gasteiger partial charge in [0.25, 0.3) is 0 Å². The van der Waals surface area contributed by atoms with Gasteiger partial charge in [-0.3, -0.25) is 4.79 Å². The van der Waals surface area contributed by atoms with Gasteiger partial charge < -0.3 is 14.7 Å². The first-order chi connectivity index (χ1) is 11.6. The number of amides is 1. The highest BCUT2D eigenvalue weighted by Gasteiger charge is 2.23. The van der Waals surface area contributed by atoms with E-state index in [9.17, 15) is 9.18 Å². The molecule has 0 bridgehead atoms. The first kappa shape index (κ1) is 16.3. The van der Waals surface area contributed by atoms with E-state index in [1.54, 1.807) is 12.1 Å². The van der Waals surface area contributed by atoms with Crippen LogP contribution in [0.5, 0.6) is 0 Å². The molecule has 2 aromatic rings. The number of para-hydroxylation sites is 2. The van der Waals surface area contributed by atoms with Crippen LogP contribution in [-0.4, -0.2) is 50.6 Å². The fraction of sp³-hybridized carbons (Fsp3) is 0.316. The first-order valence-electron chi connectivity index (χ1n) is 8.18. The SMILES string of the molecule is CN(CC(=O)N1CCN(c2ccccc2F)CC1)c1ccccc1. The largest absolute Gasteiger partial charge is 0.366 e. The minimum atomic E-state index is -0.207. The number of nitrogens with zero attached hydrogens (tertiary/aromatic N) is 3. The lowest BCUT2D eigenvalue weighted by atomic mass is 10.2. The van der Waals surface area contributed by atoms with Crippen molar-refractivity contribution in [1.82, 2.24) is 4.90 Å². The highest BCUT2D eigenvalue weighted by Crippen LogP contribution is 2.20. The molecular formula is C19H22FN3O. The molecule has 0 aliphatic carbocycles. The number of rotatable bonds is 4. The predicted octanol–water partition coefficient (Wildman–Crippen LogP) is 2.61. The number of halogens is 1. The average molecular weight is 327 g/mol. The summed E-state index contributed by atoms with van der Waals surface area (Å²) in [6.07, 6.45) is 0. The molecule has 0 saturated carbocycles. The molecule has 3 rings (SSSR count). The summed E-state index contributed by atoms with van der Waals surface area (Å²) in [5.74, 6) is -0.101. The quantitative estimate of drug-likeness (QED) is 0.864. The van der Waals surface area contributed by atoms with Crippen molar-refractivity contribution >= 4 is 17.3 Å². The highest BCUT2D eigenvalue weighted by molar-refractivity contribution is 5.81. The molecule has 0 unspecified atom stereocenters. The highest BCUT2D eigenvalue weighted by atomic mass is 19.1. The second kappa shape index (κ2) is 7.34. The molecule has 4 nitrogen and oxygen atoms in total. The molecule has 0 radical (unpaired) electrons. The number of hydrogen-bond donors (Lipinski definition) is 0. The Morgan fingerprint density at radius 1 is 1.00 bits per heavy atom. The lowest BCUT2D eigenvalue weighted by Crippen LogP contribution is -2.51. The van der Waals surface area contributed by atoms with Gasteiger partial charge in [0.2, 0.25) is 5.91 Å². The van der Waals surface area contributed by atoms with Crippen molar-refractivity contribution in [1.29, 1.82) is 0 Å².